The van der Waals surface area contributed by atoms with Gasteiger partial charge in [0.05, 0.1) is 6.61 Å². The van der Waals surface area contributed by atoms with Crippen LogP contribution in [0.1, 0.15) is 22.8 Å². The predicted molar refractivity (Wildman–Crippen MR) is 86.8 cm³/mol. The fraction of sp³-hybridized carbons (Fsp3) is 0.111. The molecule has 0 unspecified atom stereocenters. The smallest absolute Gasteiger partial charge is 0.342 e. The fourth-order valence-corrected chi connectivity index (χ4v) is 2.13. The second-order valence-electron chi connectivity index (χ2n) is 4.53. The van der Waals surface area contributed by atoms with Crippen LogP contribution < -0.4 is 0 Å². The number of carbonyl (C=O) groups excluding carboxylic acids is 2. The lowest BCUT2D eigenvalue weighted by Crippen LogP contribution is -2.16. The number of Topliss-reactive ketones (excluding diaryl/α,β-unsaturated/α-hetero) is 1. The molecule has 0 radical (unpaired) electrons. The lowest BCUT2D eigenvalue weighted by atomic mass is 10.0. The fourth-order valence-electron chi connectivity index (χ4n) is 1.93. The Bertz CT molecular complexity index is 705. The first-order valence-electron chi connectivity index (χ1n) is 6.86. The van der Waals surface area contributed by atoms with Crippen LogP contribution in [0.15, 0.2) is 60.2 Å². The van der Waals surface area contributed by atoms with Gasteiger partial charge in [-0.25, -0.2) is 4.79 Å². The van der Waals surface area contributed by atoms with Crippen molar-refractivity contribution in [3.8, 4) is 0 Å². The van der Waals surface area contributed by atoms with Gasteiger partial charge in [0, 0.05) is 10.6 Å². The van der Waals surface area contributed by atoms with Crippen molar-refractivity contribution in [3.63, 3.8) is 0 Å². The van der Waals surface area contributed by atoms with Crippen molar-refractivity contribution in [2.24, 2.45) is 0 Å². The molecule has 4 heteroatoms. The van der Waals surface area contributed by atoms with Gasteiger partial charge >= 0.3 is 5.97 Å². The Morgan fingerprint density at radius 3 is 2.45 bits per heavy atom. The molecule has 0 atom stereocenters. The third-order valence-electron chi connectivity index (χ3n) is 2.94. The first-order valence-corrected chi connectivity index (χ1v) is 7.23. The highest BCUT2D eigenvalue weighted by Crippen LogP contribution is 2.17. The molecule has 0 aliphatic heterocycles. The lowest BCUT2D eigenvalue weighted by Gasteiger charge is -2.07. The first-order chi connectivity index (χ1) is 10.6. The zero-order valence-corrected chi connectivity index (χ0v) is 12.8. The molecule has 0 N–H and O–H groups in total. The molecule has 112 valence electrons. The van der Waals surface area contributed by atoms with Crippen LogP contribution in [0.5, 0.6) is 0 Å². The number of hydrogen-bond acceptors (Lipinski definition) is 3. The van der Waals surface area contributed by atoms with E-state index in [4.69, 9.17) is 16.3 Å². The summed E-state index contributed by atoms with van der Waals surface area (Å²) in [7, 11) is 0. The van der Waals surface area contributed by atoms with Crippen LogP contribution in [-0.2, 0) is 9.53 Å². The number of esters is 1. The van der Waals surface area contributed by atoms with Gasteiger partial charge in [-0.2, -0.15) is 0 Å². The number of benzene rings is 2. The molecule has 0 fully saturated rings. The molecule has 0 aromatic heterocycles. The van der Waals surface area contributed by atoms with E-state index in [1.54, 1.807) is 55.5 Å². The third-order valence-corrected chi connectivity index (χ3v) is 3.17. The quantitative estimate of drug-likeness (QED) is 0.273. The van der Waals surface area contributed by atoms with Crippen LogP contribution in [-0.4, -0.2) is 18.4 Å². The average molecular weight is 315 g/mol. The number of rotatable bonds is 5. The summed E-state index contributed by atoms with van der Waals surface area (Å²) in [6.07, 6.45) is 1.50. The summed E-state index contributed by atoms with van der Waals surface area (Å²) in [5.74, 6) is -1.02. The zero-order chi connectivity index (χ0) is 15.9. The van der Waals surface area contributed by atoms with E-state index in [0.29, 0.717) is 16.1 Å². The molecule has 0 aliphatic rings. The van der Waals surface area contributed by atoms with E-state index in [2.05, 4.69) is 0 Å². The van der Waals surface area contributed by atoms with Gasteiger partial charge in [0.1, 0.15) is 5.57 Å². The minimum absolute atomic E-state index is 0.0182. The van der Waals surface area contributed by atoms with Crippen molar-refractivity contribution in [3.05, 3.63) is 76.3 Å². The molecule has 0 amide bonds. The Balaban J connectivity index is 2.43. The molecule has 2 rings (SSSR count). The molecule has 22 heavy (non-hydrogen) atoms. The maximum Gasteiger partial charge on any atom is 0.342 e. The van der Waals surface area contributed by atoms with Crippen LogP contribution in [0.25, 0.3) is 6.08 Å². The maximum atomic E-state index is 12.5. The SMILES string of the molecule is CCOC(=O)/C(=C\c1cccc(Cl)c1)C(=O)c1ccccc1. The summed E-state index contributed by atoms with van der Waals surface area (Å²) < 4.78 is 4.99. The average Bonchev–Trinajstić information content (AvgIpc) is 2.53. The molecule has 3 nitrogen and oxygen atoms in total. The largest absolute Gasteiger partial charge is 0.462 e. The van der Waals surface area contributed by atoms with Crippen LogP contribution in [0.4, 0.5) is 0 Å². The van der Waals surface area contributed by atoms with Gasteiger partial charge in [-0.05, 0) is 30.7 Å². The number of carbonyl (C=O) groups is 2. The lowest BCUT2D eigenvalue weighted by molar-refractivity contribution is -0.137. The van der Waals surface area contributed by atoms with Crippen molar-refractivity contribution < 1.29 is 14.3 Å². The van der Waals surface area contributed by atoms with E-state index in [1.807, 2.05) is 6.07 Å². The molecule has 0 saturated carbocycles. The van der Waals surface area contributed by atoms with Gasteiger partial charge in [-0.15, -0.1) is 0 Å². The van der Waals surface area contributed by atoms with E-state index in [-0.39, 0.29) is 18.0 Å². The first kappa shape index (κ1) is 16.0. The van der Waals surface area contributed by atoms with Crippen molar-refractivity contribution in [2.75, 3.05) is 6.61 Å². The second-order valence-corrected chi connectivity index (χ2v) is 4.97. The minimum Gasteiger partial charge on any atom is -0.462 e. The number of hydrogen-bond donors (Lipinski definition) is 0. The standard InChI is InChI=1S/C18H15ClO3/c1-2-22-18(21)16(12-13-7-6-10-15(19)11-13)17(20)14-8-4-3-5-9-14/h3-12H,2H2,1H3/b16-12-. The van der Waals surface area contributed by atoms with E-state index in [0.717, 1.165) is 0 Å². The van der Waals surface area contributed by atoms with Gasteiger partial charge < -0.3 is 4.74 Å². The Morgan fingerprint density at radius 1 is 1.09 bits per heavy atom. The van der Waals surface area contributed by atoms with Gasteiger partial charge in [0.2, 0.25) is 0 Å². The topological polar surface area (TPSA) is 43.4 Å². The Kier molecular flexibility index (Phi) is 5.50. The van der Waals surface area contributed by atoms with Crippen molar-refractivity contribution >= 4 is 29.4 Å². The number of ketones is 1. The summed E-state index contributed by atoms with van der Waals surface area (Å²) in [5.41, 5.74) is 1.08. The molecule has 0 saturated heterocycles. The van der Waals surface area contributed by atoms with Gasteiger partial charge in [-0.3, -0.25) is 4.79 Å². The molecule has 2 aromatic rings. The monoisotopic (exact) mass is 314 g/mol. The Hall–Kier alpha value is -2.39. The van der Waals surface area contributed by atoms with Crippen molar-refractivity contribution in [1.29, 1.82) is 0 Å². The van der Waals surface area contributed by atoms with Gasteiger partial charge in [0.15, 0.2) is 5.78 Å². The molecule has 2 aromatic carbocycles. The summed E-state index contributed by atoms with van der Waals surface area (Å²) in [6, 6.07) is 15.5. The molecule has 0 spiro atoms. The normalized spacial score (nSPS) is 11.1. The summed E-state index contributed by atoms with van der Waals surface area (Å²) in [5, 5.41) is 0.532. The Labute approximate surface area is 134 Å². The summed E-state index contributed by atoms with van der Waals surface area (Å²) >= 11 is 5.94. The van der Waals surface area contributed by atoms with Crippen LogP contribution in [0, 0.1) is 0 Å². The van der Waals surface area contributed by atoms with Crippen LogP contribution in [0.2, 0.25) is 5.02 Å². The number of halogens is 1. The number of ether oxygens (including phenoxy) is 1. The summed E-state index contributed by atoms with van der Waals surface area (Å²) in [4.78, 5) is 24.7. The summed E-state index contributed by atoms with van der Waals surface area (Å²) in [6.45, 7) is 1.90. The second kappa shape index (κ2) is 7.57. The molecular formula is C18H15ClO3. The molecule has 0 heterocycles. The zero-order valence-electron chi connectivity index (χ0n) is 12.1. The third kappa shape index (κ3) is 4.06. The minimum atomic E-state index is -0.642. The van der Waals surface area contributed by atoms with Crippen LogP contribution >= 0.6 is 11.6 Å². The Morgan fingerprint density at radius 2 is 1.82 bits per heavy atom. The van der Waals surface area contributed by atoms with Crippen molar-refractivity contribution in [1.82, 2.24) is 0 Å². The molecule has 0 aliphatic carbocycles. The highest BCUT2D eigenvalue weighted by Gasteiger charge is 2.21. The van der Waals surface area contributed by atoms with Gasteiger partial charge in [-0.1, -0.05) is 54.1 Å². The van der Waals surface area contributed by atoms with Crippen LogP contribution in [0.3, 0.4) is 0 Å². The maximum absolute atomic E-state index is 12.5. The van der Waals surface area contributed by atoms with E-state index in [9.17, 15) is 9.59 Å². The molecule has 0 bridgehead atoms. The van der Waals surface area contributed by atoms with E-state index >= 15 is 0 Å². The van der Waals surface area contributed by atoms with Gasteiger partial charge in [0.25, 0.3) is 0 Å². The predicted octanol–water partition coefficient (Wildman–Crippen LogP) is 4.17. The highest BCUT2D eigenvalue weighted by atomic mass is 35.5. The van der Waals surface area contributed by atoms with E-state index in [1.165, 1.54) is 6.08 Å². The highest BCUT2D eigenvalue weighted by molar-refractivity contribution is 6.31. The van der Waals surface area contributed by atoms with Crippen molar-refractivity contribution in [2.45, 2.75) is 6.92 Å². The van der Waals surface area contributed by atoms with E-state index < -0.39 is 5.97 Å². The molecular weight excluding hydrogens is 300 g/mol.